The highest BCUT2D eigenvalue weighted by Gasteiger charge is 2.37. The summed E-state index contributed by atoms with van der Waals surface area (Å²) in [6.45, 7) is 39.8. The van der Waals surface area contributed by atoms with E-state index >= 15 is 0 Å². The third-order valence-corrected chi connectivity index (χ3v) is 19.4. The van der Waals surface area contributed by atoms with Gasteiger partial charge in [0.15, 0.2) is 0 Å². The molecule has 0 unspecified atom stereocenters. The minimum absolute atomic E-state index is 0.379. The second kappa shape index (κ2) is 16.2. The van der Waals surface area contributed by atoms with Gasteiger partial charge in [0, 0.05) is 0 Å². The van der Waals surface area contributed by atoms with E-state index in [1.54, 1.807) is 5.19 Å². The number of benzene rings is 3. The smallest absolute Gasteiger partial charge is 0.0548 e. The van der Waals surface area contributed by atoms with Crippen LogP contribution in [0.3, 0.4) is 0 Å². The van der Waals surface area contributed by atoms with E-state index in [0.29, 0.717) is 62.3 Å². The molecule has 0 aliphatic rings. The summed E-state index contributed by atoms with van der Waals surface area (Å²) < 4.78 is 0. The third kappa shape index (κ3) is 8.46. The van der Waals surface area contributed by atoms with Crippen molar-refractivity contribution in [2.24, 2.45) is 0 Å². The van der Waals surface area contributed by atoms with Crippen molar-refractivity contribution in [3.05, 3.63) is 86.5 Å². The van der Waals surface area contributed by atoms with Gasteiger partial charge in [0.1, 0.15) is 0 Å². The molecule has 0 aliphatic heterocycles. The topological polar surface area (TPSA) is 0 Å². The van der Waals surface area contributed by atoms with Crippen molar-refractivity contribution in [3.8, 4) is 0 Å². The molecule has 3 aromatic rings. The van der Waals surface area contributed by atoms with Crippen LogP contribution in [0.15, 0.2) is 36.4 Å². The molecule has 0 aliphatic carbocycles. The largest absolute Gasteiger partial charge is 0.402 e. The van der Waals surface area contributed by atoms with Crippen molar-refractivity contribution in [1.29, 1.82) is 0 Å². The standard InChI is InChI=1S/C45H69ClSi2/c1-25(2)34-19-37(28(7)8)43(38(20-34)29(9)10)47-48(46,44-39(30(11)12)21-35(26(3)4)22-40(44)31(13)14)45-41(32(15)16)23-36(27(5)6)24-42(45)33(17)18/h19-33H,1-18H3/q-1. The van der Waals surface area contributed by atoms with Gasteiger partial charge < -0.3 is 9.04 Å². The maximum absolute atomic E-state index is 8.99. The highest BCUT2D eigenvalue weighted by atomic mass is 35.6. The average molecular weight is 702 g/mol. The Labute approximate surface area is 305 Å². The number of rotatable bonds is 13. The molecule has 0 atom stereocenters. The molecule has 0 N–H and O–H groups in total. The molecule has 3 aromatic carbocycles. The zero-order valence-electron chi connectivity index (χ0n) is 34.0. The van der Waals surface area contributed by atoms with Crippen LogP contribution in [0.1, 0.15) is 228 Å². The van der Waals surface area contributed by atoms with E-state index in [9.17, 15) is 0 Å². The molecule has 0 aromatic heterocycles. The fraction of sp³-hybridized carbons (Fsp3) is 0.600. The molecule has 0 saturated carbocycles. The van der Waals surface area contributed by atoms with Gasteiger partial charge in [0.2, 0.25) is 0 Å². The van der Waals surface area contributed by atoms with Crippen molar-refractivity contribution in [1.82, 2.24) is 0 Å². The third-order valence-electron chi connectivity index (χ3n) is 10.4. The van der Waals surface area contributed by atoms with Gasteiger partial charge in [-0.1, -0.05) is 183 Å². The van der Waals surface area contributed by atoms with Gasteiger partial charge in [-0.05, 0) is 92.2 Å². The summed E-state index contributed by atoms with van der Waals surface area (Å²) >= 11 is 8.99. The molecule has 48 heavy (non-hydrogen) atoms. The van der Waals surface area contributed by atoms with Crippen LogP contribution in [0.25, 0.3) is 0 Å². The van der Waals surface area contributed by atoms with Gasteiger partial charge in [0.25, 0.3) is 0 Å². The first-order chi connectivity index (χ1) is 22.1. The highest BCUT2D eigenvalue weighted by Crippen LogP contribution is 2.35. The van der Waals surface area contributed by atoms with Crippen molar-refractivity contribution in [3.63, 3.8) is 0 Å². The highest BCUT2D eigenvalue weighted by molar-refractivity contribution is 7.61. The summed E-state index contributed by atoms with van der Waals surface area (Å²) in [5.74, 6) is 3.79. The van der Waals surface area contributed by atoms with Gasteiger partial charge in [-0.25, -0.2) is 5.19 Å². The Morgan fingerprint density at radius 2 is 0.562 bits per heavy atom. The van der Waals surface area contributed by atoms with E-state index in [2.05, 4.69) is 161 Å². The first-order valence-corrected chi connectivity index (χ1v) is 24.2. The summed E-state index contributed by atoms with van der Waals surface area (Å²) in [5, 5.41) is 4.56. The molecule has 0 saturated heterocycles. The van der Waals surface area contributed by atoms with E-state index in [-0.39, 0.29) is 0 Å². The minimum atomic E-state index is -2.99. The molecule has 1 radical (unpaired) electrons. The Bertz CT molecular complexity index is 1390. The Balaban J connectivity index is 2.75. The zero-order chi connectivity index (χ0) is 36.6. The fourth-order valence-electron chi connectivity index (χ4n) is 7.23. The molecule has 0 heterocycles. The zero-order valence-corrected chi connectivity index (χ0v) is 36.8. The molecule has 0 fully saturated rings. The lowest BCUT2D eigenvalue weighted by molar-refractivity contribution is 0.809. The van der Waals surface area contributed by atoms with Crippen LogP contribution < -0.4 is 15.6 Å². The predicted molar refractivity (Wildman–Crippen MR) is 222 cm³/mol. The van der Waals surface area contributed by atoms with E-state index in [0.717, 1.165) is 0 Å². The molecule has 0 nitrogen and oxygen atoms in total. The number of halogens is 1. The van der Waals surface area contributed by atoms with Gasteiger partial charge in [-0.3, -0.25) is 0 Å². The van der Waals surface area contributed by atoms with Crippen LogP contribution in [0, 0.1) is 0 Å². The van der Waals surface area contributed by atoms with Crippen LogP contribution in [0.5, 0.6) is 0 Å². The maximum atomic E-state index is 8.99. The van der Waals surface area contributed by atoms with Crippen LogP contribution in [0.4, 0.5) is 0 Å². The summed E-state index contributed by atoms with van der Waals surface area (Å²) in [6, 6.07) is 15.3. The van der Waals surface area contributed by atoms with Gasteiger partial charge >= 0.3 is 0 Å². The summed E-state index contributed by atoms with van der Waals surface area (Å²) in [4.78, 5) is 0. The lowest BCUT2D eigenvalue weighted by Crippen LogP contribution is -2.67. The molecule has 3 rings (SSSR count). The van der Waals surface area contributed by atoms with Crippen LogP contribution >= 0.6 is 11.1 Å². The number of hydrogen-bond donors (Lipinski definition) is 0. The number of hydrogen-bond acceptors (Lipinski definition) is 0. The van der Waals surface area contributed by atoms with Crippen LogP contribution in [0.2, 0.25) is 0 Å². The first kappa shape index (κ1) is 40.8. The Kier molecular flexibility index (Phi) is 13.7. The second-order valence-corrected chi connectivity index (χ2v) is 26.1. The molecule has 0 spiro atoms. The molecule has 0 amide bonds. The molecular weight excluding hydrogens is 632 g/mol. The normalized spacial score (nSPS) is 12.9. The van der Waals surface area contributed by atoms with Crippen LogP contribution in [-0.2, 0) is 0 Å². The minimum Gasteiger partial charge on any atom is -0.402 e. The summed E-state index contributed by atoms with van der Waals surface area (Å²) in [7, 11) is 0.520. The summed E-state index contributed by atoms with van der Waals surface area (Å²) in [6.07, 6.45) is 0. The van der Waals surface area contributed by atoms with Crippen molar-refractivity contribution in [2.45, 2.75) is 178 Å². The van der Waals surface area contributed by atoms with E-state index in [1.807, 2.05) is 0 Å². The fourth-order valence-corrected chi connectivity index (χ4v) is 18.7. The Morgan fingerprint density at radius 1 is 0.354 bits per heavy atom. The molecule has 3 heteroatoms. The second-order valence-electron chi connectivity index (χ2n) is 17.4. The predicted octanol–water partition coefficient (Wildman–Crippen LogP) is 12.6. The average Bonchev–Trinajstić information content (AvgIpc) is 2.98. The van der Waals surface area contributed by atoms with Gasteiger partial charge in [0.05, 0.1) is 6.90 Å². The molecule has 265 valence electrons. The maximum Gasteiger partial charge on any atom is 0.0548 e. The van der Waals surface area contributed by atoms with Crippen molar-refractivity contribution in [2.75, 3.05) is 0 Å². The van der Waals surface area contributed by atoms with Crippen LogP contribution in [-0.4, -0.2) is 15.9 Å². The van der Waals surface area contributed by atoms with E-state index in [1.165, 1.54) is 60.4 Å². The monoisotopic (exact) mass is 700 g/mol. The Morgan fingerprint density at radius 3 is 0.750 bits per heavy atom. The first-order valence-electron chi connectivity index (χ1n) is 19.1. The quantitative estimate of drug-likeness (QED) is 0.123. The lowest BCUT2D eigenvalue weighted by Gasteiger charge is -2.48. The molecular formula is C45H69ClSi2-. The van der Waals surface area contributed by atoms with Crippen molar-refractivity contribution < 1.29 is 0 Å². The van der Waals surface area contributed by atoms with E-state index < -0.39 is 6.90 Å². The van der Waals surface area contributed by atoms with E-state index in [4.69, 9.17) is 11.1 Å². The molecule has 0 bridgehead atoms. The van der Waals surface area contributed by atoms with Gasteiger partial charge in [-0.15, -0.1) is 0 Å². The van der Waals surface area contributed by atoms with Gasteiger partial charge in [-0.2, -0.15) is 11.1 Å². The summed E-state index contributed by atoms with van der Waals surface area (Å²) in [5.41, 5.74) is 13.3. The Hall–Kier alpha value is -1.62. The lowest BCUT2D eigenvalue weighted by atomic mass is 9.89. The van der Waals surface area contributed by atoms with Crippen molar-refractivity contribution >= 4 is 42.6 Å². The SMILES string of the molecule is CC(C)c1cc(C(C)C)c([Si-][Si](Cl)(c2c(C(C)C)cc(C(C)C)cc2C(C)C)c2c(C(C)C)cc(C(C)C)cc2C(C)C)c(C(C)C)c1.